The van der Waals surface area contributed by atoms with E-state index in [4.69, 9.17) is 5.11 Å². The van der Waals surface area contributed by atoms with Crippen LogP contribution in [0, 0.1) is 0 Å². The molecule has 2 atom stereocenters. The first-order valence-corrected chi connectivity index (χ1v) is 6.53. The van der Waals surface area contributed by atoms with Gasteiger partial charge in [0.2, 0.25) is 10.0 Å². The van der Waals surface area contributed by atoms with Crippen LogP contribution in [0.3, 0.4) is 0 Å². The summed E-state index contributed by atoms with van der Waals surface area (Å²) in [7, 11) is -3.88. The van der Waals surface area contributed by atoms with Crippen LogP contribution in [0.1, 0.15) is 25.5 Å². The zero-order valence-electron chi connectivity index (χ0n) is 9.49. The quantitative estimate of drug-likeness (QED) is 0.803. The van der Waals surface area contributed by atoms with E-state index in [2.05, 4.69) is 9.71 Å². The van der Waals surface area contributed by atoms with Crippen molar-refractivity contribution in [3.8, 4) is 0 Å². The minimum atomic E-state index is -3.88. The molecule has 6 nitrogen and oxygen atoms in total. The summed E-state index contributed by atoms with van der Waals surface area (Å²) in [6, 6.07) is 2.84. The van der Waals surface area contributed by atoms with Crippen LogP contribution in [-0.2, 0) is 14.8 Å². The van der Waals surface area contributed by atoms with Gasteiger partial charge in [0.1, 0.15) is 0 Å². The molecular weight excluding hydrogens is 244 g/mol. The molecule has 0 aliphatic carbocycles. The van der Waals surface area contributed by atoms with Gasteiger partial charge in [-0.1, -0.05) is 0 Å². The van der Waals surface area contributed by atoms with Gasteiger partial charge in [-0.05, 0) is 31.5 Å². The van der Waals surface area contributed by atoms with Crippen LogP contribution in [0.5, 0.6) is 0 Å². The molecule has 1 aromatic heterocycles. The van der Waals surface area contributed by atoms with E-state index in [-0.39, 0.29) is 0 Å². The summed E-state index contributed by atoms with van der Waals surface area (Å²) in [6.45, 7) is 2.77. The number of nitrogens with zero attached hydrogens (tertiary/aromatic N) is 1. The van der Waals surface area contributed by atoms with E-state index in [1.54, 1.807) is 31.5 Å². The largest absolute Gasteiger partial charge is 0.480 e. The number of carboxylic acids is 1. The van der Waals surface area contributed by atoms with E-state index >= 15 is 0 Å². The number of sulfonamides is 1. The molecular formula is C10H14N2O4S. The highest BCUT2D eigenvalue weighted by Crippen LogP contribution is 2.13. The van der Waals surface area contributed by atoms with Crippen LogP contribution in [0.2, 0.25) is 0 Å². The lowest BCUT2D eigenvalue weighted by Crippen LogP contribution is -2.38. The van der Waals surface area contributed by atoms with E-state index in [0.717, 1.165) is 12.5 Å². The second-order valence-electron chi connectivity index (χ2n) is 3.65. The van der Waals surface area contributed by atoms with E-state index in [9.17, 15) is 13.2 Å². The molecule has 17 heavy (non-hydrogen) atoms. The Balaban J connectivity index is 2.82. The van der Waals surface area contributed by atoms with Crippen LogP contribution in [-0.4, -0.2) is 29.7 Å². The molecule has 0 bridgehead atoms. The number of carboxylic acid groups (broad SMARTS) is 1. The highest BCUT2D eigenvalue weighted by atomic mass is 32.2. The van der Waals surface area contributed by atoms with Crippen molar-refractivity contribution >= 4 is 16.0 Å². The van der Waals surface area contributed by atoms with Crippen LogP contribution in [0.4, 0.5) is 0 Å². The number of pyridine rings is 1. The summed E-state index contributed by atoms with van der Waals surface area (Å²) in [4.78, 5) is 14.5. The maximum absolute atomic E-state index is 11.6. The summed E-state index contributed by atoms with van der Waals surface area (Å²) >= 11 is 0. The predicted molar refractivity (Wildman–Crippen MR) is 61.8 cm³/mol. The first-order chi connectivity index (χ1) is 7.84. The van der Waals surface area contributed by atoms with Gasteiger partial charge in [0.15, 0.2) is 5.25 Å². The van der Waals surface area contributed by atoms with Gasteiger partial charge < -0.3 is 5.11 Å². The Bertz CT molecular complexity index is 486. The number of rotatable bonds is 5. The summed E-state index contributed by atoms with van der Waals surface area (Å²) in [6.07, 6.45) is 3.08. The molecule has 1 aromatic rings. The standard InChI is InChI=1S/C10H14N2O4S/c1-7(9-3-5-11-6-4-9)12-17(15,16)8(2)10(13)14/h3-8,12H,1-2H3,(H,13,14)/t7-,8?/m1/s1. The first-order valence-electron chi connectivity index (χ1n) is 4.98. The Morgan fingerprint density at radius 2 is 1.88 bits per heavy atom. The maximum Gasteiger partial charge on any atom is 0.323 e. The van der Waals surface area contributed by atoms with Gasteiger partial charge in [0.05, 0.1) is 0 Å². The third-order valence-electron chi connectivity index (χ3n) is 2.36. The fraction of sp³-hybridized carbons (Fsp3) is 0.400. The van der Waals surface area contributed by atoms with E-state index in [1.165, 1.54) is 0 Å². The maximum atomic E-state index is 11.6. The van der Waals surface area contributed by atoms with E-state index < -0.39 is 27.3 Å². The summed E-state index contributed by atoms with van der Waals surface area (Å²) in [5.74, 6) is -1.38. The molecule has 0 spiro atoms. The third kappa shape index (κ3) is 3.50. The lowest BCUT2D eigenvalue weighted by Gasteiger charge is -2.16. The molecule has 1 unspecified atom stereocenters. The molecule has 1 rings (SSSR count). The number of hydrogen-bond acceptors (Lipinski definition) is 4. The average molecular weight is 258 g/mol. The molecule has 2 N–H and O–H groups in total. The molecule has 0 aliphatic heterocycles. The molecule has 0 aromatic carbocycles. The Hall–Kier alpha value is -1.47. The lowest BCUT2D eigenvalue weighted by atomic mass is 10.1. The number of aliphatic carboxylic acids is 1. The van der Waals surface area contributed by atoms with Gasteiger partial charge in [-0.3, -0.25) is 9.78 Å². The fourth-order valence-electron chi connectivity index (χ4n) is 1.20. The van der Waals surface area contributed by atoms with Crippen LogP contribution in [0.15, 0.2) is 24.5 Å². The highest BCUT2D eigenvalue weighted by molar-refractivity contribution is 7.90. The fourth-order valence-corrected chi connectivity index (χ4v) is 2.30. The Kier molecular flexibility index (Phi) is 4.19. The van der Waals surface area contributed by atoms with Crippen molar-refractivity contribution in [2.75, 3.05) is 0 Å². The number of carbonyl (C=O) groups is 1. The minimum Gasteiger partial charge on any atom is -0.480 e. The third-order valence-corrected chi connectivity index (χ3v) is 4.17. The molecule has 0 saturated heterocycles. The first kappa shape index (κ1) is 13.6. The zero-order chi connectivity index (χ0) is 13.1. The van der Waals surface area contributed by atoms with Crippen molar-refractivity contribution < 1.29 is 18.3 Å². The second-order valence-corrected chi connectivity index (χ2v) is 5.68. The van der Waals surface area contributed by atoms with Crippen LogP contribution >= 0.6 is 0 Å². The minimum absolute atomic E-state index is 0.496. The van der Waals surface area contributed by atoms with Gasteiger partial charge in [-0.25, -0.2) is 13.1 Å². The molecule has 1 heterocycles. The van der Waals surface area contributed by atoms with Crippen LogP contribution in [0.25, 0.3) is 0 Å². The summed E-state index contributed by atoms with van der Waals surface area (Å²) in [5.41, 5.74) is 0.723. The topological polar surface area (TPSA) is 96.4 Å². The Labute approximate surface area is 99.7 Å². The number of nitrogens with one attached hydrogen (secondary N) is 1. The molecule has 94 valence electrons. The number of hydrogen-bond donors (Lipinski definition) is 2. The van der Waals surface area contributed by atoms with Crippen molar-refractivity contribution in [3.05, 3.63) is 30.1 Å². The van der Waals surface area contributed by atoms with Gasteiger partial charge in [0.25, 0.3) is 0 Å². The molecule has 0 saturated carbocycles. The zero-order valence-corrected chi connectivity index (χ0v) is 10.3. The van der Waals surface area contributed by atoms with Gasteiger partial charge in [0, 0.05) is 18.4 Å². The van der Waals surface area contributed by atoms with E-state index in [0.29, 0.717) is 0 Å². The van der Waals surface area contributed by atoms with Gasteiger partial charge >= 0.3 is 5.97 Å². The van der Waals surface area contributed by atoms with Crippen molar-refractivity contribution in [1.82, 2.24) is 9.71 Å². The van der Waals surface area contributed by atoms with E-state index in [1.807, 2.05) is 0 Å². The molecule has 7 heteroatoms. The average Bonchev–Trinajstić information content (AvgIpc) is 2.28. The lowest BCUT2D eigenvalue weighted by molar-refractivity contribution is -0.136. The van der Waals surface area contributed by atoms with Crippen molar-refractivity contribution in [2.45, 2.75) is 25.1 Å². The molecule has 0 amide bonds. The predicted octanol–water partition coefficient (Wildman–Crippen LogP) is 0.535. The molecule has 0 aliphatic rings. The number of aromatic nitrogens is 1. The van der Waals surface area contributed by atoms with Crippen molar-refractivity contribution in [2.24, 2.45) is 0 Å². The SMILES string of the molecule is CC(C(=O)O)S(=O)(=O)N[C@H](C)c1ccncc1. The Morgan fingerprint density at radius 1 is 1.35 bits per heavy atom. The Morgan fingerprint density at radius 3 is 2.35 bits per heavy atom. The van der Waals surface area contributed by atoms with Crippen molar-refractivity contribution in [3.63, 3.8) is 0 Å². The highest BCUT2D eigenvalue weighted by Gasteiger charge is 2.29. The normalized spacial score (nSPS) is 15.2. The van der Waals surface area contributed by atoms with Crippen LogP contribution < -0.4 is 4.72 Å². The smallest absolute Gasteiger partial charge is 0.323 e. The summed E-state index contributed by atoms with van der Waals surface area (Å²) in [5, 5.41) is 7.19. The van der Waals surface area contributed by atoms with Gasteiger partial charge in [-0.2, -0.15) is 0 Å². The molecule has 0 fully saturated rings. The monoisotopic (exact) mass is 258 g/mol. The summed E-state index contributed by atoms with van der Waals surface area (Å²) < 4.78 is 25.6. The van der Waals surface area contributed by atoms with Crippen molar-refractivity contribution in [1.29, 1.82) is 0 Å². The molecule has 0 radical (unpaired) electrons. The van der Waals surface area contributed by atoms with Gasteiger partial charge in [-0.15, -0.1) is 0 Å². The second kappa shape index (κ2) is 5.24.